The molecule has 0 aliphatic carbocycles. The van der Waals surface area contributed by atoms with E-state index in [1.54, 1.807) is 0 Å². The van der Waals surface area contributed by atoms with Crippen LogP contribution in [0.25, 0.3) is 0 Å². The fourth-order valence-corrected chi connectivity index (χ4v) is 5.21. The van der Waals surface area contributed by atoms with Crippen molar-refractivity contribution in [3.05, 3.63) is 0 Å². The zero-order valence-electron chi connectivity index (χ0n) is 17.0. The van der Waals surface area contributed by atoms with Gasteiger partial charge in [-0.15, -0.1) is 0 Å². The topological polar surface area (TPSA) is 60.7 Å². The first-order valence-corrected chi connectivity index (χ1v) is 13.9. The molecular weight excluding hydrogens is 331 g/mol. The van der Waals surface area contributed by atoms with Gasteiger partial charge in [-0.05, 0) is 0 Å². The summed E-state index contributed by atoms with van der Waals surface area (Å²) in [5, 5.41) is 28.0. The monoisotopic (exact) mass is 378 g/mol. The van der Waals surface area contributed by atoms with E-state index in [-0.39, 0.29) is 19.0 Å². The Hall–Kier alpha value is 0.310. The summed E-state index contributed by atoms with van der Waals surface area (Å²) in [7, 11) is -2.16. The van der Waals surface area contributed by atoms with Crippen LogP contribution in [0, 0.1) is 0 Å². The second-order valence-electron chi connectivity index (χ2n) is 8.03. The van der Waals surface area contributed by atoms with Crippen molar-refractivity contribution >= 4 is 7.26 Å². The summed E-state index contributed by atoms with van der Waals surface area (Å²) in [4.78, 5) is 0. The summed E-state index contributed by atoms with van der Waals surface area (Å²) in [5.41, 5.74) is 0. The Bertz CT molecular complexity index is 249. The Labute approximate surface area is 158 Å². The van der Waals surface area contributed by atoms with Gasteiger partial charge in [-0.25, -0.2) is 0 Å². The van der Waals surface area contributed by atoms with Crippen molar-refractivity contribution in [2.75, 3.05) is 25.2 Å². The summed E-state index contributed by atoms with van der Waals surface area (Å²) in [6.45, 7) is 2.28. The van der Waals surface area contributed by atoms with Crippen LogP contribution in [0.1, 0.15) is 110 Å². The van der Waals surface area contributed by atoms with Crippen LogP contribution in [-0.4, -0.2) is 40.5 Å². The molecule has 0 aromatic heterocycles. The van der Waals surface area contributed by atoms with Crippen LogP contribution in [0.3, 0.4) is 0 Å². The average Bonchev–Trinajstić information content (AvgIpc) is 2.65. The van der Waals surface area contributed by atoms with Gasteiger partial charge in [0.15, 0.2) is 0 Å². The van der Waals surface area contributed by atoms with Gasteiger partial charge in [0.2, 0.25) is 0 Å². The molecule has 0 aromatic carbocycles. The summed E-state index contributed by atoms with van der Waals surface area (Å²) >= 11 is 0. The fourth-order valence-electron chi connectivity index (χ4n) is 3.44. The van der Waals surface area contributed by atoms with Crippen LogP contribution in [-0.2, 0) is 0 Å². The molecule has 0 amide bonds. The standard InChI is InChI=1S/C21H47O3P/c1-2-3-4-5-6-7-8-9-10-11-12-13-14-15-16-17-18-25(19-22,20-23)21-24/h22-25H,2-21H2,1H3. The maximum atomic E-state index is 9.34. The molecule has 0 aliphatic rings. The van der Waals surface area contributed by atoms with E-state index in [9.17, 15) is 15.3 Å². The van der Waals surface area contributed by atoms with Crippen LogP contribution < -0.4 is 0 Å². The van der Waals surface area contributed by atoms with Gasteiger partial charge in [0.05, 0.1) is 0 Å². The second-order valence-corrected chi connectivity index (χ2v) is 12.5. The summed E-state index contributed by atoms with van der Waals surface area (Å²) in [5.74, 6) is 0. The molecule has 0 aliphatic heterocycles. The van der Waals surface area contributed by atoms with Gasteiger partial charge in [0, 0.05) is 0 Å². The van der Waals surface area contributed by atoms with Crippen molar-refractivity contribution < 1.29 is 15.3 Å². The molecule has 0 fully saturated rings. The van der Waals surface area contributed by atoms with Crippen molar-refractivity contribution in [2.45, 2.75) is 110 Å². The molecule has 0 aromatic rings. The van der Waals surface area contributed by atoms with E-state index >= 15 is 0 Å². The minimum absolute atomic E-state index is 0.0126. The van der Waals surface area contributed by atoms with Gasteiger partial charge >= 0.3 is 118 Å². The summed E-state index contributed by atoms with van der Waals surface area (Å²) < 4.78 is 0. The van der Waals surface area contributed by atoms with Crippen LogP contribution in [0.4, 0.5) is 0 Å². The summed E-state index contributed by atoms with van der Waals surface area (Å²) in [6.07, 6.45) is 22.5. The van der Waals surface area contributed by atoms with Gasteiger partial charge in [-0.2, -0.15) is 0 Å². The first-order valence-electron chi connectivity index (χ1n) is 11.1. The number of unbranched alkanes of at least 4 members (excludes halogenated alkanes) is 15. The first-order chi connectivity index (χ1) is 12.2. The van der Waals surface area contributed by atoms with Crippen molar-refractivity contribution in [3.63, 3.8) is 0 Å². The molecule has 154 valence electrons. The normalized spacial score (nSPS) is 12.6. The Morgan fingerprint density at radius 3 is 1.00 bits per heavy atom. The van der Waals surface area contributed by atoms with Crippen LogP contribution in [0.2, 0.25) is 0 Å². The molecular formula is C21H47O3P. The number of aliphatic hydroxyl groups excluding tert-OH is 3. The molecule has 25 heavy (non-hydrogen) atoms. The van der Waals surface area contributed by atoms with Gasteiger partial charge in [-0.3, -0.25) is 0 Å². The van der Waals surface area contributed by atoms with Gasteiger partial charge in [0.25, 0.3) is 0 Å². The van der Waals surface area contributed by atoms with E-state index in [2.05, 4.69) is 6.92 Å². The Kier molecular flexibility index (Phi) is 19.3. The molecule has 0 unspecified atom stereocenters. The fraction of sp³-hybridized carbons (Fsp3) is 1.00. The van der Waals surface area contributed by atoms with E-state index < -0.39 is 7.26 Å². The molecule has 0 bridgehead atoms. The molecule has 0 saturated carbocycles. The predicted octanol–water partition coefficient (Wildman–Crippen LogP) is 5.85. The Morgan fingerprint density at radius 1 is 0.440 bits per heavy atom. The van der Waals surface area contributed by atoms with Crippen LogP contribution >= 0.6 is 7.26 Å². The van der Waals surface area contributed by atoms with E-state index in [0.29, 0.717) is 0 Å². The third-order valence-corrected chi connectivity index (χ3v) is 8.99. The Balaban J connectivity index is 3.21. The maximum absolute atomic E-state index is 9.34. The van der Waals surface area contributed by atoms with Crippen LogP contribution in [0.15, 0.2) is 0 Å². The molecule has 0 spiro atoms. The Morgan fingerprint density at radius 2 is 0.720 bits per heavy atom. The van der Waals surface area contributed by atoms with E-state index in [1.165, 1.54) is 96.3 Å². The molecule has 0 atom stereocenters. The minimum atomic E-state index is -2.16. The van der Waals surface area contributed by atoms with Crippen molar-refractivity contribution in [1.29, 1.82) is 0 Å². The third kappa shape index (κ3) is 15.1. The van der Waals surface area contributed by atoms with Gasteiger partial charge < -0.3 is 0 Å². The number of hydrogen-bond acceptors (Lipinski definition) is 3. The number of rotatable bonds is 20. The SMILES string of the molecule is CCCCCCCCCCCCCCCCCC[PH](CO)(CO)CO. The first kappa shape index (κ1) is 25.3. The van der Waals surface area contributed by atoms with Crippen molar-refractivity contribution in [3.8, 4) is 0 Å². The predicted molar refractivity (Wildman–Crippen MR) is 114 cm³/mol. The molecule has 0 heterocycles. The zero-order valence-corrected chi connectivity index (χ0v) is 18.0. The summed E-state index contributed by atoms with van der Waals surface area (Å²) in [6, 6.07) is 0. The molecule has 0 saturated heterocycles. The third-order valence-electron chi connectivity index (χ3n) is 5.57. The molecule has 3 N–H and O–H groups in total. The van der Waals surface area contributed by atoms with Crippen molar-refractivity contribution in [2.24, 2.45) is 0 Å². The van der Waals surface area contributed by atoms with E-state index in [4.69, 9.17) is 0 Å². The van der Waals surface area contributed by atoms with E-state index in [1.807, 2.05) is 0 Å². The zero-order chi connectivity index (χ0) is 18.6. The number of hydrogen-bond donors (Lipinski definition) is 3. The molecule has 3 nitrogen and oxygen atoms in total. The molecule has 4 heteroatoms. The molecule has 0 radical (unpaired) electrons. The second kappa shape index (κ2) is 19.1. The van der Waals surface area contributed by atoms with E-state index in [0.717, 1.165) is 12.6 Å². The van der Waals surface area contributed by atoms with Gasteiger partial charge in [0.1, 0.15) is 0 Å². The average molecular weight is 379 g/mol. The number of aliphatic hydroxyl groups is 3. The quantitative estimate of drug-likeness (QED) is 0.184. The van der Waals surface area contributed by atoms with Gasteiger partial charge in [-0.1, -0.05) is 39.0 Å². The van der Waals surface area contributed by atoms with Crippen molar-refractivity contribution in [1.82, 2.24) is 0 Å². The molecule has 0 rings (SSSR count). The van der Waals surface area contributed by atoms with Crippen LogP contribution in [0.5, 0.6) is 0 Å².